The fraction of sp³-hybridized carbons (Fsp3) is 0.0476. The van der Waals surface area contributed by atoms with E-state index in [9.17, 15) is 5.11 Å². The minimum absolute atomic E-state index is 0.164. The third kappa shape index (κ3) is 2.91. The first-order chi connectivity index (χ1) is 12.8. The number of phenols is 1. The number of rotatable bonds is 4. The van der Waals surface area contributed by atoms with Crippen LogP contribution in [0.4, 0.5) is 11.5 Å². The lowest BCUT2D eigenvalue weighted by atomic mass is 10.0. The van der Waals surface area contributed by atoms with Crippen LogP contribution in [0.3, 0.4) is 0 Å². The number of benzene rings is 3. The van der Waals surface area contributed by atoms with Crippen LogP contribution in [-0.2, 0) is 0 Å². The van der Waals surface area contributed by atoms with Crippen LogP contribution in [0.2, 0.25) is 0 Å². The molecular formula is C21H17N3O2. The zero-order chi connectivity index (χ0) is 17.9. The lowest BCUT2D eigenvalue weighted by Gasteiger charge is -2.12. The molecule has 0 saturated heterocycles. The van der Waals surface area contributed by atoms with Crippen LogP contribution in [0, 0.1) is 0 Å². The number of fused-ring (bicyclic) bond motifs is 1. The highest BCUT2D eigenvalue weighted by Gasteiger charge is 2.12. The van der Waals surface area contributed by atoms with Crippen molar-refractivity contribution in [3.8, 4) is 22.8 Å². The highest BCUT2D eigenvalue weighted by molar-refractivity contribution is 6.01. The Hall–Kier alpha value is -3.60. The van der Waals surface area contributed by atoms with Crippen molar-refractivity contribution in [1.82, 2.24) is 10.2 Å². The van der Waals surface area contributed by atoms with Crippen LogP contribution < -0.4 is 10.1 Å². The maximum atomic E-state index is 10.0. The Balaban J connectivity index is 1.81. The van der Waals surface area contributed by atoms with E-state index in [1.165, 1.54) is 0 Å². The first kappa shape index (κ1) is 15.9. The van der Waals surface area contributed by atoms with E-state index in [1.807, 2.05) is 54.6 Å². The lowest BCUT2D eigenvalue weighted by Crippen LogP contribution is -1.99. The molecule has 0 aliphatic heterocycles. The zero-order valence-corrected chi connectivity index (χ0v) is 14.2. The van der Waals surface area contributed by atoms with Crippen LogP contribution in [0.25, 0.3) is 22.0 Å². The third-order valence-electron chi connectivity index (χ3n) is 4.21. The fourth-order valence-corrected chi connectivity index (χ4v) is 2.87. The van der Waals surface area contributed by atoms with Crippen molar-refractivity contribution in [2.45, 2.75) is 0 Å². The molecule has 0 aliphatic carbocycles. The predicted molar refractivity (Wildman–Crippen MR) is 103 cm³/mol. The summed E-state index contributed by atoms with van der Waals surface area (Å²) in [6.45, 7) is 0. The largest absolute Gasteiger partial charge is 0.506 e. The smallest absolute Gasteiger partial charge is 0.161 e. The van der Waals surface area contributed by atoms with Crippen molar-refractivity contribution in [3.63, 3.8) is 0 Å². The van der Waals surface area contributed by atoms with E-state index >= 15 is 0 Å². The molecule has 3 aromatic carbocycles. The normalized spacial score (nSPS) is 10.7. The first-order valence-corrected chi connectivity index (χ1v) is 8.21. The molecule has 0 unspecified atom stereocenters. The number of anilines is 2. The SMILES string of the molecule is COc1ccc(-c2nnc(Nc3ccccc3O)c3ccccc23)cc1. The second kappa shape index (κ2) is 6.72. The first-order valence-electron chi connectivity index (χ1n) is 8.21. The molecule has 0 atom stereocenters. The summed E-state index contributed by atoms with van der Waals surface area (Å²) in [5.74, 6) is 1.56. The van der Waals surface area contributed by atoms with Gasteiger partial charge in [-0.15, -0.1) is 10.2 Å². The van der Waals surface area contributed by atoms with E-state index in [1.54, 1.807) is 25.3 Å². The van der Waals surface area contributed by atoms with Crippen molar-refractivity contribution in [1.29, 1.82) is 0 Å². The van der Waals surface area contributed by atoms with Crippen molar-refractivity contribution in [2.75, 3.05) is 12.4 Å². The van der Waals surface area contributed by atoms with Crippen molar-refractivity contribution >= 4 is 22.3 Å². The third-order valence-corrected chi connectivity index (χ3v) is 4.21. The lowest BCUT2D eigenvalue weighted by molar-refractivity contribution is 0.415. The molecule has 5 nitrogen and oxygen atoms in total. The van der Waals surface area contributed by atoms with Crippen LogP contribution in [-0.4, -0.2) is 22.4 Å². The quantitative estimate of drug-likeness (QED) is 0.523. The molecule has 1 heterocycles. The molecule has 0 bridgehead atoms. The molecule has 4 aromatic rings. The van der Waals surface area contributed by atoms with E-state index < -0.39 is 0 Å². The number of para-hydroxylation sites is 2. The molecule has 128 valence electrons. The average Bonchev–Trinajstić information content (AvgIpc) is 2.70. The molecule has 0 saturated carbocycles. The van der Waals surface area contributed by atoms with Crippen LogP contribution in [0.1, 0.15) is 0 Å². The average molecular weight is 343 g/mol. The molecule has 0 radical (unpaired) electrons. The Labute approximate surface area is 150 Å². The van der Waals surface area contributed by atoms with Gasteiger partial charge in [0.05, 0.1) is 12.8 Å². The summed E-state index contributed by atoms with van der Waals surface area (Å²) in [6.07, 6.45) is 0. The number of ether oxygens (including phenoxy) is 1. The maximum absolute atomic E-state index is 10.0. The minimum Gasteiger partial charge on any atom is -0.506 e. The monoisotopic (exact) mass is 343 g/mol. The summed E-state index contributed by atoms with van der Waals surface area (Å²) in [4.78, 5) is 0. The van der Waals surface area contributed by atoms with E-state index in [4.69, 9.17) is 4.74 Å². The van der Waals surface area contributed by atoms with E-state index in [0.29, 0.717) is 11.5 Å². The van der Waals surface area contributed by atoms with Crippen molar-refractivity contribution in [3.05, 3.63) is 72.8 Å². The van der Waals surface area contributed by atoms with Gasteiger partial charge < -0.3 is 15.2 Å². The predicted octanol–water partition coefficient (Wildman–Crippen LogP) is 4.75. The Bertz CT molecular complexity index is 1060. The molecule has 5 heteroatoms. The highest BCUT2D eigenvalue weighted by Crippen LogP contribution is 2.33. The number of aromatic nitrogens is 2. The second-order valence-electron chi connectivity index (χ2n) is 5.81. The number of nitrogens with one attached hydrogen (secondary N) is 1. The topological polar surface area (TPSA) is 67.3 Å². The number of hydrogen-bond donors (Lipinski definition) is 2. The van der Waals surface area contributed by atoms with Gasteiger partial charge in [0.1, 0.15) is 17.2 Å². The molecule has 1 aromatic heterocycles. The molecule has 26 heavy (non-hydrogen) atoms. The van der Waals surface area contributed by atoms with E-state index in [0.717, 1.165) is 27.8 Å². The van der Waals surface area contributed by atoms with Gasteiger partial charge in [0, 0.05) is 16.3 Å². The number of methoxy groups -OCH3 is 1. The Morgan fingerprint density at radius 2 is 1.50 bits per heavy atom. The van der Waals surface area contributed by atoms with Gasteiger partial charge in [-0.05, 0) is 36.4 Å². The molecule has 0 aliphatic rings. The van der Waals surface area contributed by atoms with Gasteiger partial charge in [-0.2, -0.15) is 0 Å². The fourth-order valence-electron chi connectivity index (χ4n) is 2.87. The summed E-state index contributed by atoms with van der Waals surface area (Å²) in [5, 5.41) is 23.9. The van der Waals surface area contributed by atoms with Crippen molar-refractivity contribution in [2.24, 2.45) is 0 Å². The summed E-state index contributed by atoms with van der Waals surface area (Å²) in [5.41, 5.74) is 2.35. The van der Waals surface area contributed by atoms with Gasteiger partial charge in [-0.3, -0.25) is 0 Å². The van der Waals surface area contributed by atoms with Gasteiger partial charge >= 0.3 is 0 Å². The van der Waals surface area contributed by atoms with Gasteiger partial charge in [0.15, 0.2) is 5.82 Å². The van der Waals surface area contributed by atoms with Crippen LogP contribution in [0.5, 0.6) is 11.5 Å². The second-order valence-corrected chi connectivity index (χ2v) is 5.81. The Morgan fingerprint density at radius 3 is 2.23 bits per heavy atom. The number of aromatic hydroxyl groups is 1. The molecule has 0 spiro atoms. The Kier molecular flexibility index (Phi) is 4.11. The Morgan fingerprint density at radius 1 is 0.808 bits per heavy atom. The summed E-state index contributed by atoms with van der Waals surface area (Å²) in [7, 11) is 1.64. The molecule has 0 fully saturated rings. The standard InChI is InChI=1S/C21H17N3O2/c1-26-15-12-10-14(11-13-15)20-16-6-2-3-7-17(16)21(24-23-20)22-18-8-4-5-9-19(18)25/h2-13,25H,1H3,(H,22,24). The van der Waals surface area contributed by atoms with Gasteiger partial charge in [0.25, 0.3) is 0 Å². The van der Waals surface area contributed by atoms with Gasteiger partial charge in [0.2, 0.25) is 0 Å². The summed E-state index contributed by atoms with van der Waals surface area (Å²) >= 11 is 0. The maximum Gasteiger partial charge on any atom is 0.161 e. The molecule has 0 amide bonds. The van der Waals surface area contributed by atoms with Gasteiger partial charge in [-0.1, -0.05) is 36.4 Å². The molecular weight excluding hydrogens is 326 g/mol. The molecule has 4 rings (SSSR count). The zero-order valence-electron chi connectivity index (χ0n) is 14.2. The number of phenolic OH excluding ortho intramolecular Hbond substituents is 1. The molecule has 2 N–H and O–H groups in total. The highest BCUT2D eigenvalue weighted by atomic mass is 16.5. The summed E-state index contributed by atoms with van der Waals surface area (Å²) < 4.78 is 5.22. The van der Waals surface area contributed by atoms with Crippen molar-refractivity contribution < 1.29 is 9.84 Å². The van der Waals surface area contributed by atoms with Gasteiger partial charge in [-0.25, -0.2) is 0 Å². The van der Waals surface area contributed by atoms with E-state index in [2.05, 4.69) is 15.5 Å². The minimum atomic E-state index is 0.164. The number of hydrogen-bond acceptors (Lipinski definition) is 5. The van der Waals surface area contributed by atoms with Crippen LogP contribution >= 0.6 is 0 Å². The van der Waals surface area contributed by atoms with E-state index in [-0.39, 0.29) is 5.75 Å². The summed E-state index contributed by atoms with van der Waals surface area (Å²) in [6, 6.07) is 22.7. The van der Waals surface area contributed by atoms with Crippen LogP contribution in [0.15, 0.2) is 72.8 Å². The number of nitrogens with zero attached hydrogens (tertiary/aromatic N) is 2.